The maximum atomic E-state index is 12.8. The van der Waals surface area contributed by atoms with E-state index in [1.807, 2.05) is 55.1 Å². The molecule has 2 aromatic rings. The van der Waals surface area contributed by atoms with Gasteiger partial charge in [-0.3, -0.25) is 9.59 Å². The van der Waals surface area contributed by atoms with Crippen molar-refractivity contribution in [3.05, 3.63) is 53.7 Å². The van der Waals surface area contributed by atoms with E-state index in [-0.39, 0.29) is 17.7 Å². The first kappa shape index (κ1) is 23.6. The van der Waals surface area contributed by atoms with Gasteiger partial charge in [0.15, 0.2) is 0 Å². The van der Waals surface area contributed by atoms with E-state index in [1.165, 1.54) is 0 Å². The lowest BCUT2D eigenvalue weighted by Crippen LogP contribution is -2.45. The lowest BCUT2D eigenvalue weighted by molar-refractivity contribution is -0.135. The van der Waals surface area contributed by atoms with Gasteiger partial charge in [0.05, 0.1) is 13.0 Å². The number of methoxy groups -OCH3 is 1. The molecule has 1 atom stereocenters. The lowest BCUT2D eigenvalue weighted by Gasteiger charge is -2.35. The van der Waals surface area contributed by atoms with Crippen LogP contribution in [0.2, 0.25) is 0 Å². The topological polar surface area (TPSA) is 74.8 Å². The van der Waals surface area contributed by atoms with Crippen molar-refractivity contribution in [2.24, 2.45) is 5.92 Å². The number of anilines is 1. The van der Waals surface area contributed by atoms with E-state index >= 15 is 0 Å². The SMILES string of the molecule is CCN(CC)C(=O)C1CCCN(c2cccc(C(=O)NCCc3ccc(OC)cc3)n2)C1. The first-order valence-electron chi connectivity index (χ1n) is 11.5. The van der Waals surface area contributed by atoms with Gasteiger partial charge in [-0.05, 0) is 62.9 Å². The van der Waals surface area contributed by atoms with Gasteiger partial charge in [0, 0.05) is 32.7 Å². The number of pyridine rings is 1. The normalized spacial score (nSPS) is 15.8. The van der Waals surface area contributed by atoms with Gasteiger partial charge in [0.25, 0.3) is 5.91 Å². The second-order valence-electron chi connectivity index (χ2n) is 8.03. The highest BCUT2D eigenvalue weighted by molar-refractivity contribution is 5.92. The van der Waals surface area contributed by atoms with E-state index in [0.29, 0.717) is 18.8 Å². The summed E-state index contributed by atoms with van der Waals surface area (Å²) in [7, 11) is 1.64. The molecule has 0 bridgehead atoms. The molecule has 1 aliphatic heterocycles. The Labute approximate surface area is 190 Å². The predicted octanol–water partition coefficient (Wildman–Crippen LogP) is 3.15. The molecule has 2 heterocycles. The minimum absolute atomic E-state index is 0.0209. The molecule has 172 valence electrons. The van der Waals surface area contributed by atoms with Crippen LogP contribution in [-0.4, -0.2) is 61.5 Å². The van der Waals surface area contributed by atoms with Gasteiger partial charge in [0.1, 0.15) is 17.3 Å². The van der Waals surface area contributed by atoms with E-state index in [2.05, 4.69) is 15.2 Å². The molecule has 1 unspecified atom stereocenters. The zero-order chi connectivity index (χ0) is 22.9. The van der Waals surface area contributed by atoms with Crippen molar-refractivity contribution < 1.29 is 14.3 Å². The zero-order valence-corrected chi connectivity index (χ0v) is 19.3. The minimum Gasteiger partial charge on any atom is -0.497 e. The summed E-state index contributed by atoms with van der Waals surface area (Å²) in [4.78, 5) is 34.1. The molecule has 32 heavy (non-hydrogen) atoms. The summed E-state index contributed by atoms with van der Waals surface area (Å²) in [5, 5.41) is 2.95. The van der Waals surface area contributed by atoms with Crippen molar-refractivity contribution in [3.63, 3.8) is 0 Å². The highest BCUT2D eigenvalue weighted by Gasteiger charge is 2.29. The van der Waals surface area contributed by atoms with E-state index < -0.39 is 0 Å². The maximum absolute atomic E-state index is 12.8. The molecule has 7 nitrogen and oxygen atoms in total. The molecule has 0 radical (unpaired) electrons. The summed E-state index contributed by atoms with van der Waals surface area (Å²) in [6.45, 7) is 7.51. The third-order valence-corrected chi connectivity index (χ3v) is 6.00. The van der Waals surface area contributed by atoms with Crippen molar-refractivity contribution >= 4 is 17.6 Å². The number of nitrogens with zero attached hydrogens (tertiary/aromatic N) is 3. The van der Waals surface area contributed by atoms with Crippen LogP contribution in [0, 0.1) is 5.92 Å². The van der Waals surface area contributed by atoms with Gasteiger partial charge in [-0.2, -0.15) is 0 Å². The third-order valence-electron chi connectivity index (χ3n) is 6.00. The fourth-order valence-electron chi connectivity index (χ4n) is 4.11. The van der Waals surface area contributed by atoms with Crippen molar-refractivity contribution in [1.29, 1.82) is 0 Å². The van der Waals surface area contributed by atoms with Gasteiger partial charge >= 0.3 is 0 Å². The minimum atomic E-state index is -0.187. The van der Waals surface area contributed by atoms with Gasteiger partial charge in [-0.15, -0.1) is 0 Å². The van der Waals surface area contributed by atoms with Crippen LogP contribution in [0.3, 0.4) is 0 Å². The number of ether oxygens (including phenoxy) is 1. The Morgan fingerprint density at radius 3 is 2.59 bits per heavy atom. The Morgan fingerprint density at radius 2 is 1.91 bits per heavy atom. The van der Waals surface area contributed by atoms with Crippen LogP contribution < -0.4 is 15.0 Å². The summed E-state index contributed by atoms with van der Waals surface area (Å²) in [5.74, 6) is 1.58. The molecule has 1 fully saturated rings. The number of carbonyl (C=O) groups is 2. The van der Waals surface area contributed by atoms with Gasteiger partial charge in [-0.1, -0.05) is 18.2 Å². The summed E-state index contributed by atoms with van der Waals surface area (Å²) >= 11 is 0. The molecule has 1 N–H and O–H groups in total. The van der Waals surface area contributed by atoms with Crippen molar-refractivity contribution in [1.82, 2.24) is 15.2 Å². The molecule has 2 amide bonds. The Hall–Kier alpha value is -3.09. The molecule has 0 aliphatic carbocycles. The van der Waals surface area contributed by atoms with Crippen LogP contribution in [0.15, 0.2) is 42.5 Å². The average molecular weight is 439 g/mol. The maximum Gasteiger partial charge on any atom is 0.269 e. The number of aromatic nitrogens is 1. The highest BCUT2D eigenvalue weighted by Crippen LogP contribution is 2.23. The molecular formula is C25H34N4O3. The number of rotatable bonds is 9. The first-order valence-corrected chi connectivity index (χ1v) is 11.5. The number of benzene rings is 1. The number of carbonyl (C=O) groups excluding carboxylic acids is 2. The van der Waals surface area contributed by atoms with Crippen molar-refractivity contribution in [2.75, 3.05) is 44.7 Å². The summed E-state index contributed by atoms with van der Waals surface area (Å²) < 4.78 is 5.17. The van der Waals surface area contributed by atoms with E-state index in [9.17, 15) is 9.59 Å². The number of hydrogen-bond donors (Lipinski definition) is 1. The summed E-state index contributed by atoms with van der Waals surface area (Å²) in [6.07, 6.45) is 2.58. The number of nitrogens with one attached hydrogen (secondary N) is 1. The second kappa shape index (κ2) is 11.5. The van der Waals surface area contributed by atoms with Crippen molar-refractivity contribution in [2.45, 2.75) is 33.1 Å². The van der Waals surface area contributed by atoms with E-state index in [0.717, 1.165) is 56.0 Å². The molecule has 0 spiro atoms. The van der Waals surface area contributed by atoms with Crippen LogP contribution in [0.1, 0.15) is 42.7 Å². The molecule has 1 aliphatic rings. The molecule has 0 saturated carbocycles. The molecular weight excluding hydrogens is 404 g/mol. The predicted molar refractivity (Wildman–Crippen MR) is 126 cm³/mol. The number of hydrogen-bond acceptors (Lipinski definition) is 5. The Kier molecular flexibility index (Phi) is 8.48. The molecule has 1 saturated heterocycles. The van der Waals surface area contributed by atoms with Gasteiger partial charge in [-0.25, -0.2) is 4.98 Å². The first-order chi connectivity index (χ1) is 15.5. The van der Waals surface area contributed by atoms with Crippen LogP contribution in [-0.2, 0) is 11.2 Å². The van der Waals surface area contributed by atoms with Crippen molar-refractivity contribution in [3.8, 4) is 5.75 Å². The van der Waals surface area contributed by atoms with Crippen LogP contribution in [0.4, 0.5) is 5.82 Å². The fourth-order valence-corrected chi connectivity index (χ4v) is 4.11. The lowest BCUT2D eigenvalue weighted by atomic mass is 9.96. The van der Waals surface area contributed by atoms with Gasteiger partial charge < -0.3 is 19.9 Å². The Bertz CT molecular complexity index is 896. The summed E-state index contributed by atoms with van der Waals surface area (Å²) in [6, 6.07) is 13.3. The van der Waals surface area contributed by atoms with Crippen LogP contribution >= 0.6 is 0 Å². The Balaban J connectivity index is 1.57. The largest absolute Gasteiger partial charge is 0.497 e. The quantitative estimate of drug-likeness (QED) is 0.651. The number of piperidine rings is 1. The fraction of sp³-hybridized carbons (Fsp3) is 0.480. The van der Waals surface area contributed by atoms with Crippen LogP contribution in [0.5, 0.6) is 5.75 Å². The molecule has 3 rings (SSSR count). The van der Waals surface area contributed by atoms with Crippen LogP contribution in [0.25, 0.3) is 0 Å². The molecule has 1 aromatic carbocycles. The smallest absolute Gasteiger partial charge is 0.269 e. The highest BCUT2D eigenvalue weighted by atomic mass is 16.5. The zero-order valence-electron chi connectivity index (χ0n) is 19.3. The third kappa shape index (κ3) is 5.99. The average Bonchev–Trinajstić information content (AvgIpc) is 2.85. The standard InChI is InChI=1S/C25H34N4O3/c1-4-28(5-2)25(31)20-8-7-17-29(18-20)23-10-6-9-22(27-23)24(30)26-16-15-19-11-13-21(32-3)14-12-19/h6,9-14,20H,4-5,7-8,15-18H2,1-3H3,(H,26,30). The van der Waals surface area contributed by atoms with E-state index in [1.54, 1.807) is 13.2 Å². The van der Waals surface area contributed by atoms with Gasteiger partial charge in [0.2, 0.25) is 5.91 Å². The molecule has 7 heteroatoms. The number of amides is 2. The van der Waals surface area contributed by atoms with E-state index in [4.69, 9.17) is 4.74 Å². The monoisotopic (exact) mass is 438 g/mol. The second-order valence-corrected chi connectivity index (χ2v) is 8.03. The molecule has 1 aromatic heterocycles. The Morgan fingerprint density at radius 1 is 1.16 bits per heavy atom. The summed E-state index contributed by atoms with van der Waals surface area (Å²) in [5.41, 5.74) is 1.53.